The van der Waals surface area contributed by atoms with Gasteiger partial charge >= 0.3 is 0 Å². The van der Waals surface area contributed by atoms with Crippen LogP contribution < -0.4 is 5.32 Å². The van der Waals surface area contributed by atoms with E-state index in [1.165, 1.54) is 0 Å². The van der Waals surface area contributed by atoms with Gasteiger partial charge in [-0.25, -0.2) is 9.97 Å². The van der Waals surface area contributed by atoms with Gasteiger partial charge in [0.1, 0.15) is 5.82 Å². The average molecular weight is 246 g/mol. The molecule has 0 aliphatic carbocycles. The van der Waals surface area contributed by atoms with Gasteiger partial charge in [0.15, 0.2) is 0 Å². The van der Waals surface area contributed by atoms with Crippen molar-refractivity contribution in [3.63, 3.8) is 0 Å². The number of hydrogen-bond acceptors (Lipinski definition) is 5. The summed E-state index contributed by atoms with van der Waals surface area (Å²) in [7, 11) is 1.60. The molecule has 16 heavy (non-hydrogen) atoms. The zero-order valence-corrected chi connectivity index (χ0v) is 10.2. The second-order valence-corrected chi connectivity index (χ2v) is 4.14. The average Bonchev–Trinajstić information content (AvgIpc) is 2.24. The molecule has 0 aliphatic rings. The normalized spacial score (nSPS) is 14.5. The highest BCUT2D eigenvalue weighted by atomic mass is 35.5. The topological polar surface area (TPSA) is 67.3 Å². The van der Waals surface area contributed by atoms with Gasteiger partial charge in [-0.1, -0.05) is 0 Å². The zero-order valence-electron chi connectivity index (χ0n) is 9.40. The smallest absolute Gasteiger partial charge is 0.224 e. The van der Waals surface area contributed by atoms with Crippen molar-refractivity contribution in [2.45, 2.75) is 18.9 Å². The highest BCUT2D eigenvalue weighted by Crippen LogP contribution is 2.12. The summed E-state index contributed by atoms with van der Waals surface area (Å²) >= 11 is 5.63. The van der Waals surface area contributed by atoms with E-state index in [1.54, 1.807) is 26.3 Å². The van der Waals surface area contributed by atoms with E-state index in [0.717, 1.165) is 0 Å². The predicted molar refractivity (Wildman–Crippen MR) is 62.6 cm³/mol. The summed E-state index contributed by atoms with van der Waals surface area (Å²) in [6.07, 6.45) is 2.11. The molecular formula is C10H16ClN3O2. The first-order chi connectivity index (χ1) is 7.53. The van der Waals surface area contributed by atoms with Crippen molar-refractivity contribution in [3.8, 4) is 0 Å². The monoisotopic (exact) mass is 245 g/mol. The molecule has 0 radical (unpaired) electrons. The van der Waals surface area contributed by atoms with Crippen LogP contribution in [-0.2, 0) is 4.74 Å². The van der Waals surface area contributed by atoms with Crippen LogP contribution in [-0.4, -0.2) is 40.9 Å². The molecule has 0 aromatic carbocycles. The van der Waals surface area contributed by atoms with E-state index in [1.807, 2.05) is 0 Å². The molecule has 1 heterocycles. The van der Waals surface area contributed by atoms with Crippen LogP contribution in [0.3, 0.4) is 0 Å². The molecule has 0 aliphatic heterocycles. The third kappa shape index (κ3) is 4.74. The molecule has 90 valence electrons. The summed E-state index contributed by atoms with van der Waals surface area (Å²) in [6.45, 7) is 2.63. The Morgan fingerprint density at radius 1 is 1.62 bits per heavy atom. The maximum Gasteiger partial charge on any atom is 0.224 e. The second-order valence-electron chi connectivity index (χ2n) is 3.80. The van der Waals surface area contributed by atoms with Gasteiger partial charge in [0.05, 0.1) is 5.60 Å². The molecular weight excluding hydrogens is 230 g/mol. The van der Waals surface area contributed by atoms with Crippen molar-refractivity contribution in [2.24, 2.45) is 0 Å². The Hall–Kier alpha value is -0.910. The SMILES string of the molecule is COCCC(C)(O)CNc1ccnc(Cl)n1. The maximum atomic E-state index is 9.96. The first-order valence-corrected chi connectivity index (χ1v) is 5.35. The number of rotatable bonds is 6. The number of aromatic nitrogens is 2. The minimum Gasteiger partial charge on any atom is -0.388 e. The molecule has 2 N–H and O–H groups in total. The van der Waals surface area contributed by atoms with Gasteiger partial charge in [0.25, 0.3) is 0 Å². The molecule has 5 nitrogen and oxygen atoms in total. The van der Waals surface area contributed by atoms with Gasteiger partial charge in [0, 0.05) is 32.9 Å². The summed E-state index contributed by atoms with van der Waals surface area (Å²) in [5.74, 6) is 0.595. The fraction of sp³-hybridized carbons (Fsp3) is 0.600. The van der Waals surface area contributed by atoms with E-state index < -0.39 is 5.60 Å². The number of anilines is 1. The largest absolute Gasteiger partial charge is 0.388 e. The molecule has 0 saturated heterocycles. The summed E-state index contributed by atoms with van der Waals surface area (Å²) in [5.41, 5.74) is -0.840. The van der Waals surface area contributed by atoms with E-state index in [-0.39, 0.29) is 5.28 Å². The van der Waals surface area contributed by atoms with Gasteiger partial charge in [-0.05, 0) is 24.6 Å². The van der Waals surface area contributed by atoms with E-state index in [0.29, 0.717) is 25.4 Å². The Balaban J connectivity index is 2.44. The number of ether oxygens (including phenoxy) is 1. The standard InChI is InChI=1S/C10H16ClN3O2/c1-10(15,4-6-16-2)7-13-8-3-5-12-9(11)14-8/h3,5,15H,4,6-7H2,1-2H3,(H,12,13,14). The Morgan fingerprint density at radius 3 is 3.00 bits per heavy atom. The van der Waals surface area contributed by atoms with E-state index in [4.69, 9.17) is 16.3 Å². The van der Waals surface area contributed by atoms with Crippen LogP contribution in [0, 0.1) is 0 Å². The fourth-order valence-corrected chi connectivity index (χ4v) is 1.27. The van der Waals surface area contributed by atoms with Crippen LogP contribution in [0.1, 0.15) is 13.3 Å². The predicted octanol–water partition coefficient (Wildman–Crippen LogP) is 1.33. The summed E-state index contributed by atoms with van der Waals surface area (Å²) in [4.78, 5) is 7.72. The highest BCUT2D eigenvalue weighted by Gasteiger charge is 2.19. The molecule has 0 saturated carbocycles. The molecule has 1 aromatic heterocycles. The van der Waals surface area contributed by atoms with Gasteiger partial charge in [-0.2, -0.15) is 0 Å². The minimum atomic E-state index is -0.840. The van der Waals surface area contributed by atoms with E-state index in [2.05, 4.69) is 15.3 Å². The number of aliphatic hydroxyl groups is 1. The van der Waals surface area contributed by atoms with Crippen LogP contribution in [0.4, 0.5) is 5.82 Å². The third-order valence-corrected chi connectivity index (χ3v) is 2.30. The Kier molecular flexibility index (Phi) is 4.92. The van der Waals surface area contributed by atoms with Crippen molar-refractivity contribution >= 4 is 17.4 Å². The van der Waals surface area contributed by atoms with Gasteiger partial charge in [0.2, 0.25) is 5.28 Å². The van der Waals surface area contributed by atoms with Crippen molar-refractivity contribution in [3.05, 3.63) is 17.5 Å². The number of nitrogens with zero attached hydrogens (tertiary/aromatic N) is 2. The molecule has 6 heteroatoms. The lowest BCUT2D eigenvalue weighted by Crippen LogP contribution is -2.34. The van der Waals surface area contributed by atoms with Crippen LogP contribution in [0.2, 0.25) is 5.28 Å². The molecule has 0 amide bonds. The number of hydrogen-bond donors (Lipinski definition) is 2. The van der Waals surface area contributed by atoms with Crippen LogP contribution in [0.25, 0.3) is 0 Å². The summed E-state index contributed by atoms with van der Waals surface area (Å²) in [5, 5.41) is 13.1. The van der Waals surface area contributed by atoms with Crippen molar-refractivity contribution < 1.29 is 9.84 Å². The molecule has 1 rings (SSSR count). The summed E-state index contributed by atoms with van der Waals surface area (Å²) < 4.78 is 4.91. The molecule has 1 atom stereocenters. The first kappa shape index (κ1) is 13.2. The van der Waals surface area contributed by atoms with Crippen molar-refractivity contribution in [2.75, 3.05) is 25.6 Å². The lowest BCUT2D eigenvalue weighted by atomic mass is 10.0. The molecule has 1 unspecified atom stereocenters. The van der Waals surface area contributed by atoms with Crippen molar-refractivity contribution in [1.82, 2.24) is 9.97 Å². The van der Waals surface area contributed by atoms with Gasteiger partial charge in [-0.3, -0.25) is 0 Å². The molecule has 0 fully saturated rings. The maximum absolute atomic E-state index is 9.96. The van der Waals surface area contributed by atoms with Gasteiger partial charge < -0.3 is 15.2 Å². The Morgan fingerprint density at radius 2 is 2.38 bits per heavy atom. The number of methoxy groups -OCH3 is 1. The third-order valence-electron chi connectivity index (χ3n) is 2.12. The van der Waals surface area contributed by atoms with Crippen LogP contribution in [0.5, 0.6) is 0 Å². The quantitative estimate of drug-likeness (QED) is 0.740. The molecule has 0 bridgehead atoms. The lowest BCUT2D eigenvalue weighted by Gasteiger charge is -2.23. The first-order valence-electron chi connectivity index (χ1n) is 4.97. The summed E-state index contributed by atoms with van der Waals surface area (Å²) in [6, 6.07) is 1.69. The van der Waals surface area contributed by atoms with E-state index in [9.17, 15) is 5.11 Å². The zero-order chi connectivity index (χ0) is 12.0. The fourth-order valence-electron chi connectivity index (χ4n) is 1.12. The molecule has 1 aromatic rings. The van der Waals surface area contributed by atoms with Crippen LogP contribution >= 0.6 is 11.6 Å². The van der Waals surface area contributed by atoms with Gasteiger partial charge in [-0.15, -0.1) is 0 Å². The van der Waals surface area contributed by atoms with Crippen molar-refractivity contribution in [1.29, 1.82) is 0 Å². The Bertz CT molecular complexity index is 334. The van der Waals surface area contributed by atoms with Crippen LogP contribution in [0.15, 0.2) is 12.3 Å². The second kappa shape index (κ2) is 5.98. The Labute approximate surface area is 99.8 Å². The highest BCUT2D eigenvalue weighted by molar-refractivity contribution is 6.28. The minimum absolute atomic E-state index is 0.182. The number of halogens is 1. The molecule has 0 spiro atoms. The lowest BCUT2D eigenvalue weighted by molar-refractivity contribution is 0.0357. The van der Waals surface area contributed by atoms with E-state index >= 15 is 0 Å². The number of nitrogens with one attached hydrogen (secondary N) is 1.